The zero-order valence-corrected chi connectivity index (χ0v) is 9.89. The van der Waals surface area contributed by atoms with E-state index in [1.165, 1.54) is 0 Å². The van der Waals surface area contributed by atoms with Crippen molar-refractivity contribution in [2.75, 3.05) is 11.5 Å². The normalized spacial score (nSPS) is 10.4. The Bertz CT molecular complexity index is 539. The van der Waals surface area contributed by atoms with Gasteiger partial charge >= 0.3 is 0 Å². The first-order valence-electron chi connectivity index (χ1n) is 4.69. The van der Waals surface area contributed by atoms with Crippen molar-refractivity contribution in [2.24, 2.45) is 0 Å². The monoisotopic (exact) mass is 252 g/mol. The van der Waals surface area contributed by atoms with E-state index in [0.29, 0.717) is 21.4 Å². The molecule has 82 valence electrons. The molecule has 0 unspecified atom stereocenters. The molecule has 2 aromatic rings. The largest absolute Gasteiger partial charge is 0.399 e. The summed E-state index contributed by atoms with van der Waals surface area (Å²) in [7, 11) is 0. The molecule has 2 aromatic carbocycles. The van der Waals surface area contributed by atoms with E-state index in [1.54, 1.807) is 6.07 Å². The second-order valence-corrected chi connectivity index (χ2v) is 4.23. The van der Waals surface area contributed by atoms with Crippen LogP contribution in [0.2, 0.25) is 10.0 Å². The van der Waals surface area contributed by atoms with Crippen LogP contribution in [0.15, 0.2) is 36.4 Å². The Kier molecular flexibility index (Phi) is 2.95. The predicted molar refractivity (Wildman–Crippen MR) is 70.7 cm³/mol. The van der Waals surface area contributed by atoms with Crippen LogP contribution in [0.25, 0.3) is 11.1 Å². The fourth-order valence-corrected chi connectivity index (χ4v) is 1.98. The maximum Gasteiger partial charge on any atom is 0.0729 e. The summed E-state index contributed by atoms with van der Waals surface area (Å²) in [5, 5.41) is 0.913. The Labute approximate surface area is 104 Å². The van der Waals surface area contributed by atoms with Crippen molar-refractivity contribution in [3.63, 3.8) is 0 Å². The van der Waals surface area contributed by atoms with Crippen molar-refractivity contribution in [3.05, 3.63) is 46.4 Å². The summed E-state index contributed by atoms with van der Waals surface area (Å²) >= 11 is 12.0. The number of nitrogens with two attached hydrogens (primary N) is 2. The van der Waals surface area contributed by atoms with E-state index in [0.717, 1.165) is 11.1 Å². The van der Waals surface area contributed by atoms with Gasteiger partial charge in [0.15, 0.2) is 0 Å². The summed E-state index contributed by atoms with van der Waals surface area (Å²) in [5.41, 5.74) is 14.3. The zero-order chi connectivity index (χ0) is 11.7. The number of hydrogen-bond acceptors (Lipinski definition) is 2. The predicted octanol–water partition coefficient (Wildman–Crippen LogP) is 3.82. The van der Waals surface area contributed by atoms with E-state index >= 15 is 0 Å². The Morgan fingerprint density at radius 3 is 2.38 bits per heavy atom. The molecule has 0 aliphatic carbocycles. The van der Waals surface area contributed by atoms with Gasteiger partial charge in [0.1, 0.15) is 0 Å². The summed E-state index contributed by atoms with van der Waals surface area (Å²) in [6.45, 7) is 0. The lowest BCUT2D eigenvalue weighted by molar-refractivity contribution is 1.60. The molecule has 0 atom stereocenters. The number of rotatable bonds is 1. The zero-order valence-electron chi connectivity index (χ0n) is 8.37. The maximum atomic E-state index is 6.14. The van der Waals surface area contributed by atoms with Crippen molar-refractivity contribution in [1.82, 2.24) is 0 Å². The standard InChI is InChI=1S/C12H10Cl2N2/c13-10-5-4-9(11(14)12(10)16)7-2-1-3-8(15)6-7/h1-6H,15-16H2. The molecule has 0 aliphatic rings. The molecule has 0 spiro atoms. The van der Waals surface area contributed by atoms with Crippen LogP contribution in [0.4, 0.5) is 11.4 Å². The highest BCUT2D eigenvalue weighted by molar-refractivity contribution is 6.40. The van der Waals surface area contributed by atoms with Crippen molar-refractivity contribution in [1.29, 1.82) is 0 Å². The third-order valence-corrected chi connectivity index (χ3v) is 3.06. The Morgan fingerprint density at radius 1 is 0.938 bits per heavy atom. The van der Waals surface area contributed by atoms with Gasteiger partial charge in [-0.1, -0.05) is 41.4 Å². The van der Waals surface area contributed by atoms with Crippen LogP contribution in [0.1, 0.15) is 0 Å². The molecular formula is C12H10Cl2N2. The van der Waals surface area contributed by atoms with Crippen molar-refractivity contribution in [2.45, 2.75) is 0 Å². The smallest absolute Gasteiger partial charge is 0.0729 e. The SMILES string of the molecule is Nc1cccc(-c2ccc(Cl)c(N)c2Cl)c1. The summed E-state index contributed by atoms with van der Waals surface area (Å²) in [5.74, 6) is 0. The lowest BCUT2D eigenvalue weighted by atomic mass is 10.0. The molecule has 0 bridgehead atoms. The van der Waals surface area contributed by atoms with Crippen LogP contribution in [-0.2, 0) is 0 Å². The molecule has 0 aromatic heterocycles. The molecule has 0 radical (unpaired) electrons. The van der Waals surface area contributed by atoms with Crippen LogP contribution in [0, 0.1) is 0 Å². The Balaban J connectivity index is 2.61. The molecule has 4 N–H and O–H groups in total. The average Bonchev–Trinajstić information content (AvgIpc) is 2.26. The Hall–Kier alpha value is -1.38. The first-order chi connectivity index (χ1) is 7.59. The van der Waals surface area contributed by atoms with Gasteiger partial charge in [-0.2, -0.15) is 0 Å². The van der Waals surface area contributed by atoms with Gasteiger partial charge in [0.2, 0.25) is 0 Å². The fraction of sp³-hybridized carbons (Fsp3) is 0. The lowest BCUT2D eigenvalue weighted by Gasteiger charge is -2.08. The third-order valence-electron chi connectivity index (χ3n) is 2.32. The minimum absolute atomic E-state index is 0.392. The lowest BCUT2D eigenvalue weighted by Crippen LogP contribution is -1.91. The molecule has 0 amide bonds. The molecular weight excluding hydrogens is 243 g/mol. The second kappa shape index (κ2) is 4.24. The van der Waals surface area contributed by atoms with Crippen molar-refractivity contribution >= 4 is 34.6 Å². The quantitative estimate of drug-likeness (QED) is 0.759. The molecule has 2 rings (SSSR count). The van der Waals surface area contributed by atoms with E-state index in [-0.39, 0.29) is 0 Å². The molecule has 0 fully saturated rings. The van der Waals surface area contributed by atoms with Gasteiger partial charge in [0, 0.05) is 11.3 Å². The van der Waals surface area contributed by atoms with Crippen molar-refractivity contribution in [3.8, 4) is 11.1 Å². The molecule has 0 heterocycles. The van der Waals surface area contributed by atoms with Crippen LogP contribution in [0.5, 0.6) is 0 Å². The van der Waals surface area contributed by atoms with E-state index in [9.17, 15) is 0 Å². The summed E-state index contributed by atoms with van der Waals surface area (Å²) in [6, 6.07) is 11.0. The highest BCUT2D eigenvalue weighted by atomic mass is 35.5. The van der Waals surface area contributed by atoms with Crippen LogP contribution in [0.3, 0.4) is 0 Å². The third kappa shape index (κ3) is 1.94. The van der Waals surface area contributed by atoms with E-state index in [1.807, 2.05) is 30.3 Å². The Morgan fingerprint density at radius 2 is 1.69 bits per heavy atom. The van der Waals surface area contributed by atoms with E-state index in [4.69, 9.17) is 34.7 Å². The van der Waals surface area contributed by atoms with Gasteiger partial charge in [0.25, 0.3) is 0 Å². The number of halogens is 2. The van der Waals surface area contributed by atoms with Crippen LogP contribution < -0.4 is 11.5 Å². The summed E-state index contributed by atoms with van der Waals surface area (Å²) in [6.07, 6.45) is 0. The van der Waals surface area contributed by atoms with Crippen molar-refractivity contribution < 1.29 is 0 Å². The molecule has 0 saturated heterocycles. The fourth-order valence-electron chi connectivity index (χ4n) is 1.50. The second-order valence-electron chi connectivity index (χ2n) is 3.45. The minimum Gasteiger partial charge on any atom is -0.399 e. The topological polar surface area (TPSA) is 52.0 Å². The molecule has 0 saturated carbocycles. The van der Waals surface area contributed by atoms with Gasteiger partial charge < -0.3 is 11.5 Å². The van der Waals surface area contributed by atoms with Gasteiger partial charge in [0.05, 0.1) is 15.7 Å². The highest BCUT2D eigenvalue weighted by Crippen LogP contribution is 2.36. The van der Waals surface area contributed by atoms with Crippen LogP contribution >= 0.6 is 23.2 Å². The summed E-state index contributed by atoms with van der Waals surface area (Å²) < 4.78 is 0. The van der Waals surface area contributed by atoms with E-state index < -0.39 is 0 Å². The molecule has 4 heteroatoms. The maximum absolute atomic E-state index is 6.14. The van der Waals surface area contributed by atoms with Gasteiger partial charge in [-0.05, 0) is 23.8 Å². The first-order valence-corrected chi connectivity index (χ1v) is 5.44. The number of benzene rings is 2. The molecule has 0 aliphatic heterocycles. The molecule has 2 nitrogen and oxygen atoms in total. The average molecular weight is 253 g/mol. The number of anilines is 2. The van der Waals surface area contributed by atoms with Gasteiger partial charge in [-0.15, -0.1) is 0 Å². The summed E-state index contributed by atoms with van der Waals surface area (Å²) in [4.78, 5) is 0. The van der Waals surface area contributed by atoms with Gasteiger partial charge in [-0.3, -0.25) is 0 Å². The first kappa shape index (κ1) is 11.1. The molecule has 16 heavy (non-hydrogen) atoms. The number of nitrogen functional groups attached to an aromatic ring is 2. The highest BCUT2D eigenvalue weighted by Gasteiger charge is 2.09. The number of hydrogen-bond donors (Lipinski definition) is 2. The van der Waals surface area contributed by atoms with Crippen LogP contribution in [-0.4, -0.2) is 0 Å². The van der Waals surface area contributed by atoms with Gasteiger partial charge in [-0.25, -0.2) is 0 Å². The van der Waals surface area contributed by atoms with E-state index in [2.05, 4.69) is 0 Å². The minimum atomic E-state index is 0.392.